The molecule has 2 heterocycles. The number of carbonyl (C=O) groups is 1. The molecule has 0 aromatic heterocycles. The maximum absolute atomic E-state index is 13.2. The molecule has 206 valence electrons. The second kappa shape index (κ2) is 15.1. The number of rotatable bonds is 10. The van der Waals surface area contributed by atoms with Crippen molar-refractivity contribution in [3.63, 3.8) is 0 Å². The van der Waals surface area contributed by atoms with E-state index in [0.717, 1.165) is 35.7 Å². The van der Waals surface area contributed by atoms with E-state index >= 15 is 0 Å². The topological polar surface area (TPSA) is 89.7 Å². The minimum Gasteiger partial charge on any atom is -0.381 e. The Morgan fingerprint density at radius 1 is 1.14 bits per heavy atom. The highest BCUT2D eigenvalue weighted by Crippen LogP contribution is 2.70. The van der Waals surface area contributed by atoms with Crippen LogP contribution in [-0.4, -0.2) is 58.3 Å². The first-order valence-corrected chi connectivity index (χ1v) is 18.2. The Morgan fingerprint density at radius 2 is 1.72 bits per heavy atom. The number of aryl methyl sites for hydroxylation is 1. The molecule has 1 aromatic carbocycles. The molecule has 2 fully saturated rings. The van der Waals surface area contributed by atoms with Crippen LogP contribution in [0.3, 0.4) is 0 Å². The zero-order chi connectivity index (χ0) is 26.8. The molecule has 9 heteroatoms. The average molecular weight is 559 g/mol. The quantitative estimate of drug-likeness (QED) is 0.271. The summed E-state index contributed by atoms with van der Waals surface area (Å²) in [5.41, 5.74) is 6.74. The van der Waals surface area contributed by atoms with Crippen LogP contribution in [0, 0.1) is 18.8 Å². The van der Waals surface area contributed by atoms with Gasteiger partial charge in [-0.2, -0.15) is 0 Å². The highest BCUT2D eigenvalue weighted by atomic mass is 32.7. The fourth-order valence-electron chi connectivity index (χ4n) is 5.00. The molecule has 2 aliphatic rings. The van der Waals surface area contributed by atoms with Crippen LogP contribution in [0.15, 0.2) is 29.2 Å². The Hall–Kier alpha value is -0.660. The maximum atomic E-state index is 13.2. The van der Waals surface area contributed by atoms with Crippen molar-refractivity contribution in [2.75, 3.05) is 38.7 Å². The van der Waals surface area contributed by atoms with Gasteiger partial charge in [-0.3, -0.25) is 4.79 Å². The van der Waals surface area contributed by atoms with Crippen LogP contribution >= 0.6 is 17.7 Å². The zero-order valence-electron chi connectivity index (χ0n) is 22.9. The summed E-state index contributed by atoms with van der Waals surface area (Å²) in [5.74, 6) is 1.83. The van der Waals surface area contributed by atoms with E-state index in [2.05, 4.69) is 25.1 Å². The summed E-state index contributed by atoms with van der Waals surface area (Å²) >= 11 is 1.29. The van der Waals surface area contributed by atoms with Crippen LogP contribution in [-0.2, 0) is 25.1 Å². The summed E-state index contributed by atoms with van der Waals surface area (Å²) in [6, 6.07) is 7.82. The summed E-state index contributed by atoms with van der Waals surface area (Å²) in [7, 11) is -0.718. The largest absolute Gasteiger partial charge is 0.381 e. The second-order valence-corrected chi connectivity index (χ2v) is 18.0. The van der Waals surface area contributed by atoms with Crippen LogP contribution in [0.2, 0.25) is 0 Å². The van der Waals surface area contributed by atoms with Crippen LogP contribution in [0.5, 0.6) is 0 Å². The molecule has 4 unspecified atom stereocenters. The van der Waals surface area contributed by atoms with Crippen molar-refractivity contribution in [1.29, 1.82) is 0 Å². The van der Waals surface area contributed by atoms with Crippen molar-refractivity contribution in [2.24, 2.45) is 17.6 Å². The van der Waals surface area contributed by atoms with E-state index in [1.807, 2.05) is 31.2 Å². The van der Waals surface area contributed by atoms with Gasteiger partial charge in [0.25, 0.3) is 0 Å². The van der Waals surface area contributed by atoms with Gasteiger partial charge in [-0.25, -0.2) is 8.51 Å². The number of primary amides is 1. The SMILES string of the molecule is CCCCCCS(=O)N1CC(C)CC(C)C1.Cc1ccc(SP(C)(=O)C2(C(N)=O)CCOCC2)cc1. The lowest BCUT2D eigenvalue weighted by molar-refractivity contribution is -0.122. The number of amides is 1. The fraction of sp³-hybridized carbons (Fsp3) is 0.741. The number of unbranched alkanes of at least 4 members (excludes halogenated alkanes) is 3. The Bertz CT molecular complexity index is 880. The van der Waals surface area contributed by atoms with Gasteiger partial charge in [-0.1, -0.05) is 69.1 Å². The minimum atomic E-state index is -2.83. The zero-order valence-corrected chi connectivity index (χ0v) is 25.4. The molecule has 0 bridgehead atoms. The molecule has 0 spiro atoms. The molecular weight excluding hydrogens is 511 g/mol. The molecule has 0 saturated carbocycles. The Morgan fingerprint density at radius 3 is 2.25 bits per heavy atom. The van der Waals surface area contributed by atoms with E-state index in [1.54, 1.807) is 6.66 Å². The number of nitrogens with zero attached hydrogens (tertiary/aromatic N) is 1. The van der Waals surface area contributed by atoms with Gasteiger partial charge in [0, 0.05) is 37.0 Å². The van der Waals surface area contributed by atoms with Crippen molar-refractivity contribution in [1.82, 2.24) is 4.31 Å². The fourth-order valence-corrected chi connectivity index (χ4v) is 11.7. The molecule has 4 atom stereocenters. The highest BCUT2D eigenvalue weighted by Gasteiger charge is 2.51. The van der Waals surface area contributed by atoms with E-state index in [1.165, 1.54) is 37.1 Å². The number of ether oxygens (including phenoxy) is 1. The van der Waals surface area contributed by atoms with Gasteiger partial charge in [0.15, 0.2) is 6.34 Å². The summed E-state index contributed by atoms with van der Waals surface area (Å²) in [4.78, 5) is 12.9. The van der Waals surface area contributed by atoms with Gasteiger partial charge in [0.1, 0.15) is 5.16 Å². The van der Waals surface area contributed by atoms with Gasteiger partial charge < -0.3 is 15.0 Å². The normalized spacial score (nSPS) is 24.7. The van der Waals surface area contributed by atoms with E-state index in [0.29, 0.717) is 37.9 Å². The predicted octanol–water partition coefficient (Wildman–Crippen LogP) is 6.24. The number of hydrogen-bond donors (Lipinski definition) is 1. The first-order valence-electron chi connectivity index (χ1n) is 13.4. The third kappa shape index (κ3) is 9.27. The van der Waals surface area contributed by atoms with Gasteiger partial charge in [-0.05, 0) is 63.2 Å². The number of piperidine rings is 1. The number of benzene rings is 1. The first-order chi connectivity index (χ1) is 17.0. The van der Waals surface area contributed by atoms with Crippen molar-refractivity contribution in [2.45, 2.75) is 82.7 Å². The summed E-state index contributed by atoms with van der Waals surface area (Å²) in [6.07, 6.45) is 4.24. The van der Waals surface area contributed by atoms with Gasteiger partial charge in [0.2, 0.25) is 5.91 Å². The molecule has 2 N–H and O–H groups in total. The van der Waals surface area contributed by atoms with Crippen LogP contribution < -0.4 is 5.73 Å². The van der Waals surface area contributed by atoms with Crippen molar-refractivity contribution >= 4 is 34.6 Å². The summed E-state index contributed by atoms with van der Waals surface area (Å²) in [6.45, 7) is 13.4. The summed E-state index contributed by atoms with van der Waals surface area (Å²) in [5, 5.41) is -0.944. The molecule has 2 saturated heterocycles. The van der Waals surface area contributed by atoms with Crippen molar-refractivity contribution in [3.8, 4) is 0 Å². The number of hydrogen-bond acceptors (Lipinski definition) is 5. The standard InChI is InChI=1S/C14H20NO3PS.C13H27NOS/c1-11-3-5-12(6-4-11)20-19(2,17)14(13(15)16)7-9-18-10-8-14;1-4-5-6-7-8-16(15)14-10-12(2)9-13(3)11-14/h3-6H,7-10H2,1-2H3,(H2,15,16);12-13H,4-11H2,1-3H3. The predicted molar refractivity (Wildman–Crippen MR) is 154 cm³/mol. The molecule has 6 nitrogen and oxygen atoms in total. The maximum Gasteiger partial charge on any atom is 0.232 e. The smallest absolute Gasteiger partial charge is 0.232 e. The molecule has 2 aliphatic heterocycles. The molecule has 36 heavy (non-hydrogen) atoms. The van der Waals surface area contributed by atoms with E-state index < -0.39 is 28.4 Å². The van der Waals surface area contributed by atoms with E-state index in [-0.39, 0.29) is 0 Å². The Balaban J connectivity index is 0.000000261. The van der Waals surface area contributed by atoms with Gasteiger partial charge in [0.05, 0.1) is 11.0 Å². The lowest BCUT2D eigenvalue weighted by atomic mass is 9.94. The minimum absolute atomic E-state index is 0.439. The highest BCUT2D eigenvalue weighted by molar-refractivity contribution is 8.58. The lowest BCUT2D eigenvalue weighted by Crippen LogP contribution is -2.47. The van der Waals surface area contributed by atoms with E-state index in [9.17, 15) is 13.6 Å². The number of nitrogens with two attached hydrogens (primary N) is 1. The van der Waals surface area contributed by atoms with Crippen molar-refractivity contribution in [3.05, 3.63) is 29.8 Å². The molecule has 3 rings (SSSR count). The van der Waals surface area contributed by atoms with Gasteiger partial charge >= 0.3 is 0 Å². The Labute approximate surface area is 225 Å². The molecule has 1 aromatic rings. The third-order valence-electron chi connectivity index (χ3n) is 7.15. The molecular formula is C27H47N2O4PS2. The monoisotopic (exact) mass is 558 g/mol. The summed E-state index contributed by atoms with van der Waals surface area (Å²) < 4.78 is 32.8. The molecule has 1 amide bonds. The molecule has 0 aliphatic carbocycles. The first kappa shape index (κ1) is 31.6. The second-order valence-electron chi connectivity index (χ2n) is 10.6. The van der Waals surface area contributed by atoms with Crippen LogP contribution in [0.4, 0.5) is 0 Å². The third-order valence-corrected chi connectivity index (χ3v) is 14.4. The lowest BCUT2D eigenvalue weighted by Gasteiger charge is -2.38. The molecule has 0 radical (unpaired) electrons. The van der Waals surface area contributed by atoms with Crippen LogP contribution in [0.1, 0.15) is 71.3 Å². The number of carbonyl (C=O) groups excluding carboxylic acids is 1. The van der Waals surface area contributed by atoms with Crippen LogP contribution in [0.25, 0.3) is 0 Å². The van der Waals surface area contributed by atoms with Gasteiger partial charge in [-0.15, -0.1) is 0 Å². The average Bonchev–Trinajstić information content (AvgIpc) is 2.83. The van der Waals surface area contributed by atoms with Crippen molar-refractivity contribution < 1.29 is 18.3 Å². The van der Waals surface area contributed by atoms with E-state index in [4.69, 9.17) is 10.5 Å². The Kier molecular flexibility index (Phi) is 13.2.